The molecule has 0 spiro atoms. The van der Waals surface area contributed by atoms with E-state index in [-0.39, 0.29) is 12.0 Å². The maximum atomic E-state index is 5.94. The van der Waals surface area contributed by atoms with Crippen LogP contribution in [0.15, 0.2) is 28.8 Å². The highest BCUT2D eigenvalue weighted by molar-refractivity contribution is 6.30. The molecule has 0 amide bonds. The number of nitrogens with zero attached hydrogens (tertiary/aromatic N) is 2. The van der Waals surface area contributed by atoms with Gasteiger partial charge < -0.3 is 10.3 Å². The Hall–Kier alpha value is -1.39. The fourth-order valence-corrected chi connectivity index (χ4v) is 2.09. The molecule has 0 fully saturated rings. The average Bonchev–Trinajstić information content (AvgIpc) is 2.79. The van der Waals surface area contributed by atoms with Gasteiger partial charge in [-0.3, -0.25) is 0 Å². The molecule has 2 N–H and O–H groups in total. The molecule has 0 radical (unpaired) electrons. The van der Waals surface area contributed by atoms with Crippen molar-refractivity contribution in [2.75, 3.05) is 0 Å². The zero-order valence-corrected chi connectivity index (χ0v) is 11.2. The number of hydrogen-bond acceptors (Lipinski definition) is 4. The summed E-state index contributed by atoms with van der Waals surface area (Å²) < 4.78 is 5.29. The molecule has 1 heterocycles. The second kappa shape index (κ2) is 5.50. The Bertz CT molecular complexity index is 524. The van der Waals surface area contributed by atoms with Crippen molar-refractivity contribution < 1.29 is 4.52 Å². The molecule has 1 aromatic heterocycles. The summed E-state index contributed by atoms with van der Waals surface area (Å²) in [6.07, 6.45) is 0.870. The monoisotopic (exact) mass is 265 g/mol. The Kier molecular flexibility index (Phi) is 3.99. The van der Waals surface area contributed by atoms with E-state index in [4.69, 9.17) is 21.9 Å². The van der Waals surface area contributed by atoms with Gasteiger partial charge in [0.05, 0.1) is 5.92 Å². The topological polar surface area (TPSA) is 64.9 Å². The van der Waals surface area contributed by atoms with Gasteiger partial charge in [-0.15, -0.1) is 0 Å². The van der Waals surface area contributed by atoms with Gasteiger partial charge in [-0.25, -0.2) is 0 Å². The molecule has 0 aliphatic heterocycles. The molecule has 0 saturated carbocycles. The Morgan fingerprint density at radius 1 is 1.44 bits per heavy atom. The lowest BCUT2D eigenvalue weighted by Gasteiger charge is -2.13. The first kappa shape index (κ1) is 13.1. The molecule has 2 rings (SSSR count). The summed E-state index contributed by atoms with van der Waals surface area (Å²) in [5, 5.41) is 4.63. The van der Waals surface area contributed by atoms with Gasteiger partial charge in [-0.05, 0) is 25.5 Å². The van der Waals surface area contributed by atoms with Crippen LogP contribution in [0.2, 0.25) is 5.02 Å². The second-order valence-corrected chi connectivity index (χ2v) is 4.78. The summed E-state index contributed by atoms with van der Waals surface area (Å²) in [6, 6.07) is 7.36. The van der Waals surface area contributed by atoms with Gasteiger partial charge in [0, 0.05) is 16.6 Å². The lowest BCUT2D eigenvalue weighted by molar-refractivity contribution is 0.334. The largest absolute Gasteiger partial charge is 0.339 e. The number of benzene rings is 1. The Balaban J connectivity index is 2.30. The minimum Gasteiger partial charge on any atom is -0.339 e. The highest BCUT2D eigenvalue weighted by atomic mass is 35.5. The van der Waals surface area contributed by atoms with Gasteiger partial charge in [-0.2, -0.15) is 4.98 Å². The molecule has 0 saturated heterocycles. The molecule has 1 aromatic carbocycles. The molecular weight excluding hydrogens is 250 g/mol. The van der Waals surface area contributed by atoms with Gasteiger partial charge in [0.25, 0.3) is 0 Å². The third-order valence-corrected chi connectivity index (χ3v) is 3.15. The molecule has 5 heteroatoms. The minimum atomic E-state index is -0.0114. The standard InChI is InChI=1S/C13H16ClN3O/c1-3-11(8(2)15)13-16-12(17-18-13)9-5-4-6-10(14)7-9/h4-8,11H,3,15H2,1-2H3. The van der Waals surface area contributed by atoms with Gasteiger partial charge in [0.2, 0.25) is 11.7 Å². The van der Waals surface area contributed by atoms with Crippen LogP contribution >= 0.6 is 11.6 Å². The van der Waals surface area contributed by atoms with E-state index in [1.807, 2.05) is 31.2 Å². The maximum Gasteiger partial charge on any atom is 0.231 e. The van der Waals surface area contributed by atoms with Gasteiger partial charge in [0.15, 0.2) is 0 Å². The van der Waals surface area contributed by atoms with E-state index in [0.717, 1.165) is 12.0 Å². The van der Waals surface area contributed by atoms with Crippen LogP contribution in [-0.4, -0.2) is 16.2 Å². The van der Waals surface area contributed by atoms with E-state index in [0.29, 0.717) is 16.7 Å². The summed E-state index contributed by atoms with van der Waals surface area (Å²) in [7, 11) is 0. The third kappa shape index (κ3) is 2.71. The number of nitrogens with two attached hydrogens (primary N) is 1. The molecule has 2 atom stereocenters. The average molecular weight is 266 g/mol. The first-order valence-corrected chi connectivity index (χ1v) is 6.34. The summed E-state index contributed by atoms with van der Waals surface area (Å²) in [4.78, 5) is 4.40. The molecule has 4 nitrogen and oxygen atoms in total. The van der Waals surface area contributed by atoms with Crippen LogP contribution in [0.3, 0.4) is 0 Å². The number of aromatic nitrogens is 2. The summed E-state index contributed by atoms with van der Waals surface area (Å²) in [5.41, 5.74) is 6.75. The van der Waals surface area contributed by atoms with Crippen molar-refractivity contribution in [2.45, 2.75) is 32.2 Å². The fourth-order valence-electron chi connectivity index (χ4n) is 1.90. The Morgan fingerprint density at radius 2 is 2.22 bits per heavy atom. The molecule has 2 unspecified atom stereocenters. The molecule has 0 aliphatic rings. The number of rotatable bonds is 4. The molecule has 18 heavy (non-hydrogen) atoms. The summed E-state index contributed by atoms with van der Waals surface area (Å²) in [5.74, 6) is 1.22. The molecule has 0 bridgehead atoms. The zero-order chi connectivity index (χ0) is 13.1. The smallest absolute Gasteiger partial charge is 0.231 e. The first-order valence-electron chi connectivity index (χ1n) is 5.97. The van der Waals surface area contributed by atoms with Crippen LogP contribution in [0, 0.1) is 0 Å². The number of hydrogen-bond donors (Lipinski definition) is 1. The van der Waals surface area contributed by atoms with Crippen molar-refractivity contribution >= 4 is 11.6 Å². The summed E-state index contributed by atoms with van der Waals surface area (Å²) >= 11 is 5.94. The van der Waals surface area contributed by atoms with Crippen molar-refractivity contribution in [2.24, 2.45) is 5.73 Å². The minimum absolute atomic E-state index is 0.0114. The van der Waals surface area contributed by atoms with Crippen LogP contribution in [0.4, 0.5) is 0 Å². The Labute approximate surface area is 111 Å². The van der Waals surface area contributed by atoms with E-state index in [1.165, 1.54) is 0 Å². The van der Waals surface area contributed by atoms with Crippen molar-refractivity contribution in [3.05, 3.63) is 35.2 Å². The quantitative estimate of drug-likeness (QED) is 0.922. The maximum absolute atomic E-state index is 5.94. The lowest BCUT2D eigenvalue weighted by atomic mass is 9.99. The zero-order valence-electron chi connectivity index (χ0n) is 10.4. The van der Waals surface area contributed by atoms with Crippen LogP contribution < -0.4 is 5.73 Å². The van der Waals surface area contributed by atoms with Gasteiger partial charge in [-0.1, -0.05) is 35.8 Å². The van der Waals surface area contributed by atoms with Gasteiger partial charge >= 0.3 is 0 Å². The van der Waals surface area contributed by atoms with E-state index < -0.39 is 0 Å². The first-order chi connectivity index (χ1) is 8.61. The highest BCUT2D eigenvalue weighted by Crippen LogP contribution is 2.25. The predicted molar refractivity (Wildman–Crippen MR) is 71.4 cm³/mol. The van der Waals surface area contributed by atoms with E-state index >= 15 is 0 Å². The summed E-state index contributed by atoms with van der Waals surface area (Å²) in [6.45, 7) is 3.99. The van der Waals surface area contributed by atoms with E-state index in [1.54, 1.807) is 0 Å². The Morgan fingerprint density at radius 3 is 2.83 bits per heavy atom. The predicted octanol–water partition coefficient (Wildman–Crippen LogP) is 3.23. The molecule has 2 aromatic rings. The van der Waals surface area contributed by atoms with Crippen molar-refractivity contribution in [1.82, 2.24) is 10.1 Å². The van der Waals surface area contributed by atoms with Crippen molar-refractivity contribution in [3.63, 3.8) is 0 Å². The van der Waals surface area contributed by atoms with Crippen LogP contribution in [-0.2, 0) is 0 Å². The normalized spacial score (nSPS) is 14.4. The van der Waals surface area contributed by atoms with Crippen molar-refractivity contribution in [3.8, 4) is 11.4 Å². The SMILES string of the molecule is CCC(c1nc(-c2cccc(Cl)c2)no1)C(C)N. The molecule has 0 aliphatic carbocycles. The van der Waals surface area contributed by atoms with Crippen LogP contribution in [0.25, 0.3) is 11.4 Å². The molecular formula is C13H16ClN3O. The van der Waals surface area contributed by atoms with Crippen molar-refractivity contribution in [1.29, 1.82) is 0 Å². The van der Waals surface area contributed by atoms with Crippen LogP contribution in [0.5, 0.6) is 0 Å². The highest BCUT2D eigenvalue weighted by Gasteiger charge is 2.21. The fraction of sp³-hybridized carbons (Fsp3) is 0.385. The van der Waals surface area contributed by atoms with Gasteiger partial charge in [0.1, 0.15) is 0 Å². The third-order valence-electron chi connectivity index (χ3n) is 2.92. The number of halogens is 1. The van der Waals surface area contributed by atoms with E-state index in [9.17, 15) is 0 Å². The van der Waals surface area contributed by atoms with Crippen LogP contribution in [0.1, 0.15) is 32.1 Å². The van der Waals surface area contributed by atoms with E-state index in [2.05, 4.69) is 17.1 Å². The lowest BCUT2D eigenvalue weighted by Crippen LogP contribution is -2.24. The second-order valence-electron chi connectivity index (χ2n) is 4.34. The molecule has 96 valence electrons.